The number of alkyl halides is 3. The first-order chi connectivity index (χ1) is 28.6. The second-order valence-corrected chi connectivity index (χ2v) is 14.1. The second-order valence-electron chi connectivity index (χ2n) is 14.1. The lowest BCUT2D eigenvalue weighted by Crippen LogP contribution is -2.29. The minimum absolute atomic E-state index is 0.00531. The Morgan fingerprint density at radius 1 is 0.780 bits per heavy atom. The summed E-state index contributed by atoms with van der Waals surface area (Å²) in [5.41, 5.74) is 4.28. The number of carbonyl (C=O) groups is 2. The molecule has 59 heavy (non-hydrogen) atoms. The summed E-state index contributed by atoms with van der Waals surface area (Å²) in [6.07, 6.45) is 0.655. The van der Waals surface area contributed by atoms with Crippen molar-refractivity contribution in [3.05, 3.63) is 113 Å². The van der Waals surface area contributed by atoms with Crippen molar-refractivity contribution in [1.82, 2.24) is 10.3 Å². The topological polar surface area (TPSA) is 152 Å². The molecule has 1 aliphatic heterocycles. The fourth-order valence-electron chi connectivity index (χ4n) is 6.52. The van der Waals surface area contributed by atoms with E-state index in [-0.39, 0.29) is 25.5 Å². The lowest BCUT2D eigenvalue weighted by molar-refractivity contribution is -0.139. The van der Waals surface area contributed by atoms with Crippen molar-refractivity contribution in [3.63, 3.8) is 0 Å². The van der Waals surface area contributed by atoms with Crippen LogP contribution in [0.2, 0.25) is 0 Å². The number of piperidine rings is 1. The van der Waals surface area contributed by atoms with Crippen molar-refractivity contribution >= 4 is 23.3 Å². The third kappa shape index (κ3) is 15.3. The highest BCUT2D eigenvalue weighted by Gasteiger charge is 2.30. The van der Waals surface area contributed by atoms with Crippen LogP contribution in [-0.4, -0.2) is 93.0 Å². The lowest BCUT2D eigenvalue weighted by atomic mass is 10.0. The number of benzene rings is 3. The molecule has 0 radical (unpaired) electrons. The maximum absolute atomic E-state index is 13.7. The number of aliphatic hydroxyl groups is 1. The maximum atomic E-state index is 13.7. The van der Waals surface area contributed by atoms with Crippen LogP contribution < -0.4 is 15.5 Å². The van der Waals surface area contributed by atoms with Gasteiger partial charge in [-0.05, 0) is 97.3 Å². The van der Waals surface area contributed by atoms with E-state index in [1.807, 2.05) is 36.4 Å². The molecule has 15 heteroatoms. The number of hydrogen-bond donors (Lipinski definition) is 4. The Hall–Kier alpha value is -4.90. The molecule has 0 bridgehead atoms. The van der Waals surface area contributed by atoms with Crippen LogP contribution >= 0.6 is 0 Å². The quantitative estimate of drug-likeness (QED) is 0.0418. The zero-order valence-electron chi connectivity index (χ0n) is 33.1. The number of anilines is 2. The van der Waals surface area contributed by atoms with Crippen LogP contribution in [0.1, 0.15) is 70.9 Å². The van der Waals surface area contributed by atoms with Crippen molar-refractivity contribution in [3.8, 4) is 11.3 Å². The number of aliphatic hydroxyl groups excluding tert-OH is 1. The summed E-state index contributed by atoms with van der Waals surface area (Å²) in [4.78, 5) is 31.1. The molecule has 1 fully saturated rings. The highest BCUT2D eigenvalue weighted by Crippen LogP contribution is 2.34. The molecule has 0 saturated carbocycles. The van der Waals surface area contributed by atoms with Crippen molar-refractivity contribution < 1.29 is 51.9 Å². The molecule has 2 heterocycles. The number of rotatable bonds is 24. The molecule has 3 aromatic carbocycles. The summed E-state index contributed by atoms with van der Waals surface area (Å²) in [5, 5.41) is 25.6. The van der Waals surface area contributed by atoms with Gasteiger partial charge in [-0.2, -0.15) is 13.2 Å². The molecule has 1 aliphatic rings. The number of carbonyl (C=O) groups excluding carboxylic acids is 1. The Morgan fingerprint density at radius 3 is 2.17 bits per heavy atom. The minimum Gasteiger partial charge on any atom is -0.481 e. The lowest BCUT2D eigenvalue weighted by Gasteiger charge is -2.29. The molecule has 0 aliphatic carbocycles. The van der Waals surface area contributed by atoms with Crippen molar-refractivity contribution in [2.45, 2.75) is 57.5 Å². The average Bonchev–Trinajstić information content (AvgIpc) is 3.24. The molecule has 4 aromatic rings. The Balaban J connectivity index is 1.14. The number of aliphatic carboxylic acids is 1. The minimum atomic E-state index is -4.47. The van der Waals surface area contributed by atoms with Gasteiger partial charge in [0.2, 0.25) is 0 Å². The number of carboxylic acid groups (broad SMARTS) is 1. The fourth-order valence-corrected chi connectivity index (χ4v) is 6.52. The summed E-state index contributed by atoms with van der Waals surface area (Å²) in [6, 6.07) is 21.6. The van der Waals surface area contributed by atoms with E-state index in [2.05, 4.69) is 20.5 Å². The van der Waals surface area contributed by atoms with Crippen LogP contribution in [0.3, 0.4) is 0 Å². The summed E-state index contributed by atoms with van der Waals surface area (Å²) in [7, 11) is 0. The van der Waals surface area contributed by atoms with Crippen LogP contribution in [0.5, 0.6) is 0 Å². The predicted molar refractivity (Wildman–Crippen MR) is 217 cm³/mol. The normalized spacial score (nSPS) is 13.7. The first-order valence-electron chi connectivity index (χ1n) is 19.9. The zero-order valence-corrected chi connectivity index (χ0v) is 33.1. The number of nitrogens with zero attached hydrogens (tertiary/aromatic N) is 2. The third-order valence-corrected chi connectivity index (χ3v) is 9.62. The summed E-state index contributed by atoms with van der Waals surface area (Å²) in [5.74, 6) is -1.19. The van der Waals surface area contributed by atoms with E-state index < -0.39 is 23.9 Å². The van der Waals surface area contributed by atoms with E-state index in [0.717, 1.165) is 55.7 Å². The Morgan fingerprint density at radius 2 is 1.46 bits per heavy atom. The predicted octanol–water partition coefficient (Wildman–Crippen LogP) is 7.26. The molecular weight excluding hydrogens is 769 g/mol. The number of carboxylic acids is 1. The van der Waals surface area contributed by atoms with Crippen molar-refractivity contribution in [2.24, 2.45) is 0 Å². The fraction of sp³-hybridized carbons (Fsp3) is 0.432. The van der Waals surface area contributed by atoms with E-state index in [4.69, 9.17) is 24.1 Å². The molecule has 1 atom stereocenters. The van der Waals surface area contributed by atoms with Crippen molar-refractivity contribution in [1.29, 1.82) is 0 Å². The molecule has 1 aromatic heterocycles. The molecule has 1 amide bonds. The monoisotopic (exact) mass is 822 g/mol. The summed E-state index contributed by atoms with van der Waals surface area (Å²) in [6.45, 7) is 4.90. The van der Waals surface area contributed by atoms with Gasteiger partial charge in [-0.25, -0.2) is 0 Å². The zero-order chi connectivity index (χ0) is 41.9. The van der Waals surface area contributed by atoms with Gasteiger partial charge in [-0.3, -0.25) is 19.9 Å². The van der Waals surface area contributed by atoms with Crippen LogP contribution in [0.25, 0.3) is 11.3 Å². The van der Waals surface area contributed by atoms with Crippen LogP contribution in [0, 0.1) is 0 Å². The SMILES string of the molecule is O=C(O)CCOCCOCCOCCOCCCc1cccc(C(=O)Nc2ccc(N3CCCCC3)cc2-c2cc(C(O)NCc3cccc(C(F)(F)F)c3)ccn2)c1. The number of amides is 1. The largest absolute Gasteiger partial charge is 0.481 e. The van der Waals surface area contributed by atoms with Crippen molar-refractivity contribution in [2.75, 3.05) is 76.2 Å². The molecule has 318 valence electrons. The van der Waals surface area contributed by atoms with Gasteiger partial charge in [0.05, 0.1) is 69.6 Å². The maximum Gasteiger partial charge on any atom is 0.416 e. The molecule has 1 saturated heterocycles. The highest BCUT2D eigenvalue weighted by atomic mass is 19.4. The Bertz CT molecular complexity index is 1930. The van der Waals surface area contributed by atoms with Gasteiger partial charge in [0.25, 0.3) is 5.91 Å². The number of ether oxygens (including phenoxy) is 4. The molecule has 4 N–H and O–H groups in total. The number of pyridine rings is 1. The third-order valence-electron chi connectivity index (χ3n) is 9.62. The number of aromatic nitrogens is 1. The van der Waals surface area contributed by atoms with E-state index in [0.29, 0.717) is 86.3 Å². The van der Waals surface area contributed by atoms with E-state index in [1.54, 1.807) is 30.5 Å². The summed E-state index contributed by atoms with van der Waals surface area (Å²) >= 11 is 0. The number of nitrogens with one attached hydrogen (secondary N) is 2. The van der Waals surface area contributed by atoms with E-state index in [1.165, 1.54) is 12.5 Å². The van der Waals surface area contributed by atoms with Crippen LogP contribution in [-0.2, 0) is 42.9 Å². The van der Waals surface area contributed by atoms with Gasteiger partial charge in [-0.1, -0.05) is 30.3 Å². The van der Waals surface area contributed by atoms with Gasteiger partial charge < -0.3 is 39.4 Å². The van der Waals surface area contributed by atoms with E-state index >= 15 is 0 Å². The molecule has 1 unspecified atom stereocenters. The number of halogens is 3. The van der Waals surface area contributed by atoms with Gasteiger partial charge in [0, 0.05) is 49.3 Å². The molecular formula is C44H53F3N4O8. The van der Waals surface area contributed by atoms with Crippen LogP contribution in [0.4, 0.5) is 24.5 Å². The molecule has 12 nitrogen and oxygen atoms in total. The average molecular weight is 823 g/mol. The van der Waals surface area contributed by atoms with Crippen LogP contribution in [0.15, 0.2) is 85.1 Å². The van der Waals surface area contributed by atoms with Gasteiger partial charge in [0.15, 0.2) is 0 Å². The number of aryl methyl sites for hydroxylation is 1. The van der Waals surface area contributed by atoms with Gasteiger partial charge in [0.1, 0.15) is 6.23 Å². The van der Waals surface area contributed by atoms with Gasteiger partial charge in [-0.15, -0.1) is 0 Å². The standard InChI is InChI=1S/C44H53F3N4O8/c45-44(46,47)36-11-5-8-33(28-36)31-49-42(54)35-14-16-48-40(29-35)38-30-37(51-17-2-1-3-18-51)12-13-39(38)50-43(55)34-10-4-7-32(27-34)9-6-19-56-21-23-58-25-26-59-24-22-57-20-15-41(52)53/h4-5,7-8,10-14,16,27-30,42,49,54H,1-3,6,9,15,17-26,31H2,(H,50,55)(H,52,53). The Kier molecular flexibility index (Phi) is 18.1. The first-order valence-corrected chi connectivity index (χ1v) is 19.9. The highest BCUT2D eigenvalue weighted by molar-refractivity contribution is 6.06. The number of hydrogen-bond acceptors (Lipinski definition) is 10. The first kappa shape index (κ1) is 45.2. The Labute approximate surface area is 342 Å². The van der Waals surface area contributed by atoms with E-state index in [9.17, 15) is 27.9 Å². The molecule has 0 spiro atoms. The summed E-state index contributed by atoms with van der Waals surface area (Å²) < 4.78 is 61.5. The smallest absolute Gasteiger partial charge is 0.416 e. The molecule has 5 rings (SSSR count). The van der Waals surface area contributed by atoms with Gasteiger partial charge >= 0.3 is 12.1 Å². The second kappa shape index (κ2) is 23.6.